The van der Waals surface area contributed by atoms with Crippen molar-refractivity contribution in [2.75, 3.05) is 13.1 Å². The highest BCUT2D eigenvalue weighted by Gasteiger charge is 2.27. The van der Waals surface area contributed by atoms with Crippen molar-refractivity contribution >= 4 is 21.8 Å². The van der Waals surface area contributed by atoms with Gasteiger partial charge in [-0.05, 0) is 43.0 Å². The fourth-order valence-corrected chi connectivity index (χ4v) is 2.86. The molecule has 2 atom stereocenters. The van der Waals surface area contributed by atoms with Crippen molar-refractivity contribution in [3.63, 3.8) is 0 Å². The summed E-state index contributed by atoms with van der Waals surface area (Å²) in [5.41, 5.74) is 1.22. The lowest BCUT2D eigenvalue weighted by Crippen LogP contribution is -2.43. The Morgan fingerprint density at radius 1 is 1.44 bits per heavy atom. The molecule has 0 bridgehead atoms. The molecule has 1 aromatic carbocycles. The fraction of sp³-hybridized carbons (Fsp3) is 0.500. The van der Waals surface area contributed by atoms with Gasteiger partial charge in [0.15, 0.2) is 0 Å². The number of likely N-dealkylation sites (tertiary alicyclic amines) is 1. The second-order valence-electron chi connectivity index (χ2n) is 5.05. The Hall–Kier alpha value is -0.900. The molecule has 4 heteroatoms. The number of carbonyl (C=O) groups is 1. The highest BCUT2D eigenvalue weighted by molar-refractivity contribution is 9.09. The first-order chi connectivity index (χ1) is 8.47. The molecule has 0 aliphatic carbocycles. The number of amides is 1. The number of hydrogen-bond donors (Lipinski definition) is 0. The summed E-state index contributed by atoms with van der Waals surface area (Å²) >= 11 is 3.60. The average Bonchev–Trinajstić information content (AvgIpc) is 2.30. The highest BCUT2D eigenvalue weighted by Crippen LogP contribution is 2.24. The maximum atomic E-state index is 13.3. The lowest BCUT2D eigenvalue weighted by atomic mass is 9.98. The van der Waals surface area contributed by atoms with Crippen LogP contribution < -0.4 is 0 Å². The van der Waals surface area contributed by atoms with Gasteiger partial charge in [0.25, 0.3) is 5.91 Å². The van der Waals surface area contributed by atoms with Crippen molar-refractivity contribution in [2.45, 2.75) is 25.1 Å². The number of benzene rings is 1. The zero-order valence-corrected chi connectivity index (χ0v) is 12.2. The van der Waals surface area contributed by atoms with E-state index in [2.05, 4.69) is 22.9 Å². The van der Waals surface area contributed by atoms with Gasteiger partial charge in [-0.1, -0.05) is 22.9 Å². The van der Waals surface area contributed by atoms with Gasteiger partial charge in [0.1, 0.15) is 5.82 Å². The molecule has 98 valence electrons. The van der Waals surface area contributed by atoms with Crippen molar-refractivity contribution in [1.29, 1.82) is 0 Å². The minimum Gasteiger partial charge on any atom is -0.338 e. The monoisotopic (exact) mass is 313 g/mol. The molecule has 2 unspecified atom stereocenters. The lowest BCUT2D eigenvalue weighted by Gasteiger charge is -2.34. The van der Waals surface area contributed by atoms with Gasteiger partial charge >= 0.3 is 0 Å². The smallest absolute Gasteiger partial charge is 0.254 e. The van der Waals surface area contributed by atoms with Crippen molar-refractivity contribution < 1.29 is 9.18 Å². The Morgan fingerprint density at radius 2 is 2.17 bits per heavy atom. The van der Waals surface area contributed by atoms with Crippen LogP contribution in [0.15, 0.2) is 18.2 Å². The summed E-state index contributed by atoms with van der Waals surface area (Å²) in [7, 11) is 0. The third kappa shape index (κ3) is 2.91. The number of halogens is 2. The van der Waals surface area contributed by atoms with E-state index in [0.717, 1.165) is 18.5 Å². The Balaban J connectivity index is 2.16. The molecule has 2 rings (SSSR count). The topological polar surface area (TPSA) is 20.3 Å². The van der Waals surface area contributed by atoms with E-state index in [1.807, 2.05) is 0 Å². The first-order valence-corrected chi connectivity index (χ1v) is 7.09. The molecule has 0 N–H and O–H groups in total. The number of rotatable bonds is 1. The van der Waals surface area contributed by atoms with Crippen LogP contribution in [0.3, 0.4) is 0 Å². The van der Waals surface area contributed by atoms with Crippen LogP contribution in [0.5, 0.6) is 0 Å². The van der Waals surface area contributed by atoms with Crippen LogP contribution in [0.2, 0.25) is 0 Å². The zero-order chi connectivity index (χ0) is 13.3. The first-order valence-electron chi connectivity index (χ1n) is 6.18. The Labute approximate surface area is 115 Å². The first kappa shape index (κ1) is 13.5. The molecule has 1 aliphatic rings. The summed E-state index contributed by atoms with van der Waals surface area (Å²) in [4.78, 5) is 14.4. The van der Waals surface area contributed by atoms with Crippen LogP contribution >= 0.6 is 15.9 Å². The van der Waals surface area contributed by atoms with Gasteiger partial charge in [-0.25, -0.2) is 4.39 Å². The highest BCUT2D eigenvalue weighted by atomic mass is 79.9. The number of alkyl halides is 1. The van der Waals surface area contributed by atoms with E-state index < -0.39 is 0 Å². The molecule has 1 aliphatic heterocycles. The Kier molecular flexibility index (Phi) is 4.05. The molecular formula is C14H17BrFNO. The number of piperidine rings is 1. The molecule has 1 saturated heterocycles. The number of nitrogens with zero attached hydrogens (tertiary/aromatic N) is 1. The fourth-order valence-electron chi connectivity index (χ4n) is 2.25. The van der Waals surface area contributed by atoms with Gasteiger partial charge in [-0.15, -0.1) is 0 Å². The minimum absolute atomic E-state index is 0.0750. The summed E-state index contributed by atoms with van der Waals surface area (Å²) in [5.74, 6) is 0.149. The Bertz CT molecular complexity index is 443. The van der Waals surface area contributed by atoms with E-state index >= 15 is 0 Å². The van der Waals surface area contributed by atoms with Crippen molar-refractivity contribution in [3.05, 3.63) is 35.1 Å². The van der Waals surface area contributed by atoms with Crippen molar-refractivity contribution in [1.82, 2.24) is 4.90 Å². The Morgan fingerprint density at radius 3 is 2.78 bits per heavy atom. The third-order valence-corrected chi connectivity index (χ3v) is 4.63. The average molecular weight is 314 g/mol. The van der Waals surface area contributed by atoms with Crippen molar-refractivity contribution in [2.24, 2.45) is 5.92 Å². The summed E-state index contributed by atoms with van der Waals surface area (Å²) in [5, 5.41) is 0. The molecule has 0 spiro atoms. The molecule has 1 heterocycles. The third-order valence-electron chi connectivity index (χ3n) is 3.44. The SMILES string of the molecule is Cc1cc(F)cc(C(=O)N2CCC(C)C(Br)C2)c1. The number of carbonyl (C=O) groups excluding carboxylic acids is 1. The normalized spacial score (nSPS) is 24.1. The van der Waals surface area contributed by atoms with Crippen LogP contribution in [-0.4, -0.2) is 28.7 Å². The van der Waals surface area contributed by atoms with Crippen LogP contribution in [-0.2, 0) is 0 Å². The summed E-state index contributed by atoms with van der Waals surface area (Å²) in [6.45, 7) is 5.41. The largest absolute Gasteiger partial charge is 0.338 e. The van der Waals surface area contributed by atoms with Gasteiger partial charge in [-0.3, -0.25) is 4.79 Å². The van der Waals surface area contributed by atoms with Gasteiger partial charge in [-0.2, -0.15) is 0 Å². The molecule has 1 amide bonds. The standard InChI is InChI=1S/C14H17BrFNO/c1-9-5-11(7-12(16)6-9)14(18)17-4-3-10(2)13(15)8-17/h5-7,10,13H,3-4,8H2,1-2H3. The quantitative estimate of drug-likeness (QED) is 0.728. The second kappa shape index (κ2) is 5.39. The molecule has 1 aromatic rings. The maximum Gasteiger partial charge on any atom is 0.254 e. The van der Waals surface area contributed by atoms with Crippen LogP contribution in [0, 0.1) is 18.7 Å². The molecule has 0 radical (unpaired) electrons. The predicted octanol–water partition coefficient (Wildman–Crippen LogP) is 3.38. The molecule has 0 saturated carbocycles. The molecular weight excluding hydrogens is 297 g/mol. The molecule has 1 fully saturated rings. The summed E-state index contributed by atoms with van der Waals surface area (Å²) in [6, 6.07) is 4.49. The summed E-state index contributed by atoms with van der Waals surface area (Å²) in [6.07, 6.45) is 0.982. The zero-order valence-electron chi connectivity index (χ0n) is 10.6. The number of aryl methyl sites for hydroxylation is 1. The van der Waals surface area contributed by atoms with E-state index in [1.165, 1.54) is 12.1 Å². The summed E-state index contributed by atoms with van der Waals surface area (Å²) < 4.78 is 13.3. The van der Waals surface area contributed by atoms with Gasteiger partial charge in [0, 0.05) is 23.5 Å². The van der Waals surface area contributed by atoms with Crippen LogP contribution in [0.4, 0.5) is 4.39 Å². The van der Waals surface area contributed by atoms with E-state index in [1.54, 1.807) is 17.9 Å². The van der Waals surface area contributed by atoms with E-state index in [-0.39, 0.29) is 11.7 Å². The van der Waals surface area contributed by atoms with Gasteiger partial charge in [0.2, 0.25) is 0 Å². The molecule has 2 nitrogen and oxygen atoms in total. The molecule has 0 aromatic heterocycles. The van der Waals surface area contributed by atoms with E-state index in [0.29, 0.717) is 22.9 Å². The number of hydrogen-bond acceptors (Lipinski definition) is 1. The van der Waals surface area contributed by atoms with Gasteiger partial charge in [0.05, 0.1) is 0 Å². The van der Waals surface area contributed by atoms with E-state index in [9.17, 15) is 9.18 Å². The van der Waals surface area contributed by atoms with Crippen LogP contribution in [0.25, 0.3) is 0 Å². The minimum atomic E-state index is -0.348. The second-order valence-corrected chi connectivity index (χ2v) is 6.23. The maximum absolute atomic E-state index is 13.3. The lowest BCUT2D eigenvalue weighted by molar-refractivity contribution is 0.0705. The predicted molar refractivity (Wildman–Crippen MR) is 73.5 cm³/mol. The van der Waals surface area contributed by atoms with Gasteiger partial charge < -0.3 is 4.90 Å². The molecule has 18 heavy (non-hydrogen) atoms. The van der Waals surface area contributed by atoms with Crippen molar-refractivity contribution in [3.8, 4) is 0 Å². The van der Waals surface area contributed by atoms with E-state index in [4.69, 9.17) is 0 Å². The van der Waals surface area contributed by atoms with Crippen LogP contribution in [0.1, 0.15) is 29.3 Å².